The van der Waals surface area contributed by atoms with Crippen LogP contribution in [-0.4, -0.2) is 27.3 Å². The zero-order valence-corrected chi connectivity index (χ0v) is 16.8. The number of hydrogen-bond acceptors (Lipinski definition) is 4. The van der Waals surface area contributed by atoms with Gasteiger partial charge in [0.05, 0.1) is 12.1 Å². The molecule has 0 radical (unpaired) electrons. The van der Waals surface area contributed by atoms with E-state index < -0.39 is 0 Å². The van der Waals surface area contributed by atoms with Crippen LogP contribution in [0.15, 0.2) is 65.2 Å². The Morgan fingerprint density at radius 3 is 2.96 bits per heavy atom. The Morgan fingerprint density at radius 2 is 2.22 bits per heavy atom. The zero-order chi connectivity index (χ0) is 19.2. The summed E-state index contributed by atoms with van der Waals surface area (Å²) in [5.74, 6) is -0.468. The molecule has 2 heterocycles. The molecule has 0 N–H and O–H groups in total. The van der Waals surface area contributed by atoms with Gasteiger partial charge in [-0.15, -0.1) is 17.9 Å². The highest BCUT2D eigenvalue weighted by Crippen LogP contribution is 2.23. The summed E-state index contributed by atoms with van der Waals surface area (Å²) in [7, 11) is 0. The first-order valence-electron chi connectivity index (χ1n) is 8.24. The highest BCUT2D eigenvalue weighted by atomic mass is 79.9. The minimum absolute atomic E-state index is 0.127. The van der Waals surface area contributed by atoms with Gasteiger partial charge >= 0.3 is 0 Å². The number of carbonyl (C=O) groups excluding carboxylic acids is 1. The van der Waals surface area contributed by atoms with Crippen LogP contribution in [0.3, 0.4) is 0 Å². The molecule has 0 saturated carbocycles. The van der Waals surface area contributed by atoms with Gasteiger partial charge in [-0.2, -0.15) is 0 Å². The molecule has 7 heteroatoms. The molecular weight excluding hydrogens is 429 g/mol. The van der Waals surface area contributed by atoms with Crippen molar-refractivity contribution >= 4 is 33.2 Å². The van der Waals surface area contributed by atoms with Crippen molar-refractivity contribution in [1.82, 2.24) is 14.9 Å². The standard InChI is InChI=1S/C20H17BrFN3OS/c1-2-8-25(12-15-9-16(21)5-6-18(15)22)19(26)10-17-13-27-20(24-17)14-4-3-7-23-11-14/h2-7,9,11,13H,1,8,10,12H2. The van der Waals surface area contributed by atoms with Crippen LogP contribution in [-0.2, 0) is 17.8 Å². The number of thiazole rings is 1. The van der Waals surface area contributed by atoms with Gasteiger partial charge in [-0.25, -0.2) is 9.37 Å². The van der Waals surface area contributed by atoms with Crippen LogP contribution in [0.4, 0.5) is 4.39 Å². The molecule has 1 aromatic carbocycles. The molecular formula is C20H17BrFN3OS. The molecule has 0 aliphatic rings. The van der Waals surface area contributed by atoms with Crippen molar-refractivity contribution in [2.75, 3.05) is 6.54 Å². The van der Waals surface area contributed by atoms with Crippen molar-refractivity contribution in [3.63, 3.8) is 0 Å². The zero-order valence-electron chi connectivity index (χ0n) is 14.4. The van der Waals surface area contributed by atoms with Crippen LogP contribution in [0.2, 0.25) is 0 Å². The Balaban J connectivity index is 1.73. The van der Waals surface area contributed by atoms with Crippen LogP contribution in [0.1, 0.15) is 11.3 Å². The summed E-state index contributed by atoms with van der Waals surface area (Å²) in [5.41, 5.74) is 2.06. The lowest BCUT2D eigenvalue weighted by Crippen LogP contribution is -2.32. The maximum atomic E-state index is 14.1. The number of hydrogen-bond donors (Lipinski definition) is 0. The number of rotatable bonds is 7. The van der Waals surface area contributed by atoms with E-state index in [1.807, 2.05) is 17.5 Å². The largest absolute Gasteiger partial charge is 0.334 e. The number of nitrogens with zero attached hydrogens (tertiary/aromatic N) is 3. The van der Waals surface area contributed by atoms with E-state index in [9.17, 15) is 9.18 Å². The molecule has 0 atom stereocenters. The minimum atomic E-state index is -0.340. The van der Waals surface area contributed by atoms with Crippen LogP contribution in [0.25, 0.3) is 10.6 Å². The van der Waals surface area contributed by atoms with E-state index in [1.165, 1.54) is 17.4 Å². The van der Waals surface area contributed by atoms with Crippen molar-refractivity contribution in [2.45, 2.75) is 13.0 Å². The lowest BCUT2D eigenvalue weighted by atomic mass is 10.2. The highest BCUT2D eigenvalue weighted by molar-refractivity contribution is 9.10. The third-order valence-corrected chi connectivity index (χ3v) is 5.30. The van der Waals surface area contributed by atoms with Crippen molar-refractivity contribution < 1.29 is 9.18 Å². The number of amides is 1. The molecule has 0 spiro atoms. The maximum Gasteiger partial charge on any atom is 0.229 e. The van der Waals surface area contributed by atoms with E-state index in [-0.39, 0.29) is 24.7 Å². The quantitative estimate of drug-likeness (QED) is 0.487. The SMILES string of the molecule is C=CCN(Cc1cc(Br)ccc1F)C(=O)Cc1csc(-c2cccnc2)n1. The van der Waals surface area contributed by atoms with E-state index in [0.717, 1.165) is 15.0 Å². The smallest absolute Gasteiger partial charge is 0.229 e. The Kier molecular flexibility index (Phi) is 6.47. The Morgan fingerprint density at radius 1 is 1.37 bits per heavy atom. The minimum Gasteiger partial charge on any atom is -0.334 e. The van der Waals surface area contributed by atoms with Crippen LogP contribution in [0.5, 0.6) is 0 Å². The maximum absolute atomic E-state index is 14.1. The highest BCUT2D eigenvalue weighted by Gasteiger charge is 2.17. The summed E-state index contributed by atoms with van der Waals surface area (Å²) in [5, 5.41) is 2.69. The fourth-order valence-corrected chi connectivity index (χ4v) is 3.78. The number of aromatic nitrogens is 2. The molecule has 3 rings (SSSR count). The van der Waals surface area contributed by atoms with E-state index >= 15 is 0 Å². The molecule has 0 fully saturated rings. The van der Waals surface area contributed by atoms with E-state index in [2.05, 4.69) is 32.5 Å². The first-order chi connectivity index (χ1) is 13.1. The second-order valence-electron chi connectivity index (χ2n) is 5.86. The lowest BCUT2D eigenvalue weighted by Gasteiger charge is -2.21. The third kappa shape index (κ3) is 5.08. The molecule has 138 valence electrons. The summed E-state index contributed by atoms with van der Waals surface area (Å²) in [4.78, 5) is 22.9. The Bertz CT molecular complexity index is 945. The van der Waals surface area contributed by atoms with Crippen LogP contribution < -0.4 is 0 Å². The molecule has 27 heavy (non-hydrogen) atoms. The number of benzene rings is 1. The van der Waals surface area contributed by atoms with Gasteiger partial charge in [0, 0.05) is 46.5 Å². The molecule has 4 nitrogen and oxygen atoms in total. The van der Waals surface area contributed by atoms with Crippen molar-refractivity contribution in [2.24, 2.45) is 0 Å². The predicted octanol–water partition coefficient (Wildman–Crippen LogP) is 4.86. The molecule has 0 aliphatic heterocycles. The summed E-state index contributed by atoms with van der Waals surface area (Å²) in [6.45, 7) is 4.21. The molecule has 1 amide bonds. The average Bonchev–Trinajstić information content (AvgIpc) is 3.13. The third-order valence-electron chi connectivity index (χ3n) is 3.86. The Hall–Kier alpha value is -2.38. The van der Waals surface area contributed by atoms with Crippen LogP contribution in [0, 0.1) is 5.82 Å². The van der Waals surface area contributed by atoms with E-state index in [1.54, 1.807) is 35.5 Å². The molecule has 2 aromatic heterocycles. The lowest BCUT2D eigenvalue weighted by molar-refractivity contribution is -0.130. The number of halogens is 2. The van der Waals surface area contributed by atoms with Gasteiger partial charge in [-0.05, 0) is 30.3 Å². The topological polar surface area (TPSA) is 46.1 Å². The van der Waals surface area contributed by atoms with Gasteiger partial charge in [0.1, 0.15) is 10.8 Å². The monoisotopic (exact) mass is 445 g/mol. The summed E-state index contributed by atoms with van der Waals surface area (Å²) < 4.78 is 14.8. The first-order valence-corrected chi connectivity index (χ1v) is 9.91. The number of carbonyl (C=O) groups is 1. The van der Waals surface area contributed by atoms with Gasteiger partial charge in [-0.3, -0.25) is 9.78 Å². The predicted molar refractivity (Wildman–Crippen MR) is 109 cm³/mol. The molecule has 3 aromatic rings. The fourth-order valence-electron chi connectivity index (χ4n) is 2.56. The van der Waals surface area contributed by atoms with Gasteiger partial charge in [0.2, 0.25) is 5.91 Å². The molecule has 0 unspecified atom stereocenters. The summed E-state index contributed by atoms with van der Waals surface area (Å²) >= 11 is 4.81. The second kappa shape index (κ2) is 9.01. The Labute approximate surface area is 169 Å². The van der Waals surface area contributed by atoms with Crippen molar-refractivity contribution in [3.05, 3.63) is 82.3 Å². The van der Waals surface area contributed by atoms with Gasteiger partial charge in [0.25, 0.3) is 0 Å². The van der Waals surface area contributed by atoms with Gasteiger partial charge in [0.15, 0.2) is 0 Å². The molecule has 0 saturated heterocycles. The average molecular weight is 446 g/mol. The van der Waals surface area contributed by atoms with Gasteiger partial charge < -0.3 is 4.90 Å². The normalized spacial score (nSPS) is 10.6. The molecule has 0 aliphatic carbocycles. The van der Waals surface area contributed by atoms with E-state index in [0.29, 0.717) is 17.8 Å². The second-order valence-corrected chi connectivity index (χ2v) is 7.63. The summed E-state index contributed by atoms with van der Waals surface area (Å²) in [6, 6.07) is 8.48. The fraction of sp³-hybridized carbons (Fsp3) is 0.150. The van der Waals surface area contributed by atoms with Crippen molar-refractivity contribution in [1.29, 1.82) is 0 Å². The number of pyridine rings is 1. The van der Waals surface area contributed by atoms with E-state index in [4.69, 9.17) is 0 Å². The van der Waals surface area contributed by atoms with Crippen LogP contribution >= 0.6 is 27.3 Å². The molecule has 0 bridgehead atoms. The van der Waals surface area contributed by atoms with Gasteiger partial charge in [-0.1, -0.05) is 22.0 Å². The summed E-state index contributed by atoms with van der Waals surface area (Å²) in [6.07, 6.45) is 5.23. The first kappa shape index (κ1) is 19.4. The van der Waals surface area contributed by atoms with Crippen molar-refractivity contribution in [3.8, 4) is 10.6 Å².